The second-order valence-electron chi connectivity index (χ2n) is 3.45. The van der Waals surface area contributed by atoms with E-state index >= 15 is 0 Å². The molecular formula is C9H7FN4O4S. The smallest absolute Gasteiger partial charge is 0.264 e. The summed E-state index contributed by atoms with van der Waals surface area (Å²) in [6.45, 7) is 0. The molecule has 0 atom stereocenters. The Bertz CT molecular complexity index is 714. The summed E-state index contributed by atoms with van der Waals surface area (Å²) in [5.41, 5.74) is -0.522. The Morgan fingerprint density at radius 2 is 2.11 bits per heavy atom. The molecule has 0 saturated carbocycles. The van der Waals surface area contributed by atoms with Gasteiger partial charge in [0.1, 0.15) is 16.5 Å². The van der Waals surface area contributed by atoms with Crippen molar-refractivity contribution >= 4 is 21.5 Å². The molecule has 8 nitrogen and oxygen atoms in total. The van der Waals surface area contributed by atoms with Gasteiger partial charge in [0, 0.05) is 18.2 Å². The molecule has 0 aliphatic heterocycles. The fraction of sp³-hybridized carbons (Fsp3) is 0. The molecule has 10 heteroatoms. The average Bonchev–Trinajstić information content (AvgIpc) is 2.81. The highest BCUT2D eigenvalue weighted by Gasteiger charge is 2.23. The third-order valence-electron chi connectivity index (χ3n) is 2.16. The Morgan fingerprint density at radius 3 is 2.68 bits per heavy atom. The number of benzene rings is 1. The molecule has 0 unspecified atom stereocenters. The highest BCUT2D eigenvalue weighted by atomic mass is 32.2. The number of sulfonamides is 1. The van der Waals surface area contributed by atoms with Crippen molar-refractivity contribution < 1.29 is 17.7 Å². The molecule has 2 N–H and O–H groups in total. The van der Waals surface area contributed by atoms with E-state index in [2.05, 4.69) is 10.2 Å². The maximum atomic E-state index is 13.5. The summed E-state index contributed by atoms with van der Waals surface area (Å²) >= 11 is 0. The Labute approximate surface area is 106 Å². The van der Waals surface area contributed by atoms with Crippen LogP contribution in [0.3, 0.4) is 0 Å². The number of nitrogens with zero attached hydrogens (tertiary/aromatic N) is 2. The fourth-order valence-corrected chi connectivity index (χ4v) is 2.44. The van der Waals surface area contributed by atoms with E-state index in [9.17, 15) is 22.9 Å². The van der Waals surface area contributed by atoms with E-state index in [0.717, 1.165) is 12.1 Å². The van der Waals surface area contributed by atoms with Gasteiger partial charge < -0.3 is 0 Å². The number of halogens is 1. The number of H-pyrrole nitrogens is 1. The van der Waals surface area contributed by atoms with E-state index in [-0.39, 0.29) is 5.82 Å². The quantitative estimate of drug-likeness (QED) is 0.648. The van der Waals surface area contributed by atoms with Gasteiger partial charge in [-0.2, -0.15) is 5.10 Å². The maximum Gasteiger partial charge on any atom is 0.271 e. The van der Waals surface area contributed by atoms with Crippen LogP contribution in [0.25, 0.3) is 0 Å². The lowest BCUT2D eigenvalue weighted by Gasteiger charge is -2.06. The van der Waals surface area contributed by atoms with Crippen molar-refractivity contribution in [1.29, 1.82) is 0 Å². The topological polar surface area (TPSA) is 118 Å². The zero-order valence-corrected chi connectivity index (χ0v) is 10.0. The summed E-state index contributed by atoms with van der Waals surface area (Å²) in [5.74, 6) is -1.07. The maximum absolute atomic E-state index is 13.5. The van der Waals surface area contributed by atoms with E-state index in [0.29, 0.717) is 6.07 Å². The largest absolute Gasteiger partial charge is 0.271 e. The summed E-state index contributed by atoms with van der Waals surface area (Å²) in [6.07, 6.45) is 1.29. The van der Waals surface area contributed by atoms with E-state index < -0.39 is 31.3 Å². The summed E-state index contributed by atoms with van der Waals surface area (Å²) in [4.78, 5) is 8.94. The van der Waals surface area contributed by atoms with E-state index in [4.69, 9.17) is 0 Å². The minimum atomic E-state index is -4.27. The van der Waals surface area contributed by atoms with Crippen LogP contribution in [-0.4, -0.2) is 23.5 Å². The van der Waals surface area contributed by atoms with Crippen molar-refractivity contribution in [3.63, 3.8) is 0 Å². The fourth-order valence-electron chi connectivity index (χ4n) is 1.32. The Kier molecular flexibility index (Phi) is 3.17. The number of hydrogen-bond acceptors (Lipinski definition) is 5. The number of nitrogens with one attached hydrogen (secondary N) is 2. The van der Waals surface area contributed by atoms with Crippen molar-refractivity contribution in [1.82, 2.24) is 10.2 Å². The van der Waals surface area contributed by atoms with E-state index in [1.165, 1.54) is 12.3 Å². The first-order valence-electron chi connectivity index (χ1n) is 4.86. The summed E-state index contributed by atoms with van der Waals surface area (Å²) in [6, 6.07) is 3.56. The molecule has 1 aromatic heterocycles. The number of aromatic nitrogens is 2. The lowest BCUT2D eigenvalue weighted by Crippen LogP contribution is -2.15. The Balaban J connectivity index is 2.45. The second kappa shape index (κ2) is 4.65. The molecule has 2 rings (SSSR count). The Morgan fingerprint density at radius 1 is 1.37 bits per heavy atom. The molecule has 1 aromatic carbocycles. The zero-order chi connectivity index (χ0) is 14.0. The number of nitro groups is 1. The molecule has 0 saturated heterocycles. The number of rotatable bonds is 4. The zero-order valence-electron chi connectivity index (χ0n) is 9.20. The lowest BCUT2D eigenvalue weighted by molar-refractivity contribution is -0.385. The minimum absolute atomic E-state index is 0.0194. The summed E-state index contributed by atoms with van der Waals surface area (Å²) in [7, 11) is -4.27. The van der Waals surface area contributed by atoms with Crippen LogP contribution in [0.1, 0.15) is 0 Å². The number of aromatic amines is 1. The van der Waals surface area contributed by atoms with Crippen LogP contribution in [0.4, 0.5) is 15.9 Å². The first-order chi connectivity index (χ1) is 8.90. The molecular weight excluding hydrogens is 279 g/mol. The predicted molar refractivity (Wildman–Crippen MR) is 62.5 cm³/mol. The molecule has 2 aromatic rings. The molecule has 100 valence electrons. The van der Waals surface area contributed by atoms with Crippen molar-refractivity contribution in [3.05, 3.63) is 46.4 Å². The van der Waals surface area contributed by atoms with Crippen LogP contribution in [-0.2, 0) is 10.0 Å². The monoisotopic (exact) mass is 286 g/mol. The van der Waals surface area contributed by atoms with Gasteiger partial charge in [-0.05, 0) is 6.07 Å². The van der Waals surface area contributed by atoms with E-state index in [1.54, 1.807) is 0 Å². The first kappa shape index (κ1) is 13.0. The molecule has 0 spiro atoms. The molecule has 19 heavy (non-hydrogen) atoms. The van der Waals surface area contributed by atoms with Crippen LogP contribution < -0.4 is 4.72 Å². The highest BCUT2D eigenvalue weighted by molar-refractivity contribution is 7.92. The van der Waals surface area contributed by atoms with Gasteiger partial charge in [0.2, 0.25) is 0 Å². The van der Waals surface area contributed by atoms with Gasteiger partial charge in [-0.1, -0.05) is 0 Å². The number of non-ortho nitro benzene ring substituents is 1. The van der Waals surface area contributed by atoms with Crippen LogP contribution in [0.5, 0.6) is 0 Å². The van der Waals surface area contributed by atoms with Crippen molar-refractivity contribution in [3.8, 4) is 0 Å². The molecule has 0 bridgehead atoms. The van der Waals surface area contributed by atoms with Crippen molar-refractivity contribution in [2.24, 2.45) is 0 Å². The Hall–Kier alpha value is -2.49. The van der Waals surface area contributed by atoms with E-state index in [1.807, 2.05) is 4.72 Å². The highest BCUT2D eigenvalue weighted by Crippen LogP contribution is 2.22. The van der Waals surface area contributed by atoms with Crippen molar-refractivity contribution in [2.45, 2.75) is 4.90 Å². The SMILES string of the molecule is O=[N+]([O-])c1ccc(F)c(S(=O)(=O)Nc2ccn[nH]2)c1. The van der Waals surface area contributed by atoms with Crippen LogP contribution in [0.15, 0.2) is 35.4 Å². The van der Waals surface area contributed by atoms with Gasteiger partial charge in [0.05, 0.1) is 11.1 Å². The normalized spacial score (nSPS) is 11.2. The average molecular weight is 286 g/mol. The summed E-state index contributed by atoms with van der Waals surface area (Å²) < 4.78 is 39.3. The molecule has 1 heterocycles. The molecule has 0 radical (unpaired) electrons. The van der Waals surface area contributed by atoms with Crippen molar-refractivity contribution in [2.75, 3.05) is 4.72 Å². The molecule has 0 amide bonds. The summed E-state index contributed by atoms with van der Waals surface area (Å²) in [5, 5.41) is 16.4. The molecule has 0 aliphatic carbocycles. The van der Waals surface area contributed by atoms with Gasteiger partial charge in [-0.25, -0.2) is 12.8 Å². The van der Waals surface area contributed by atoms with Gasteiger partial charge in [-0.15, -0.1) is 0 Å². The number of nitro benzene ring substituents is 1. The lowest BCUT2D eigenvalue weighted by atomic mass is 10.3. The number of anilines is 1. The molecule has 0 fully saturated rings. The standard InChI is InChI=1S/C9H7FN4O4S/c10-7-2-1-6(14(15)16)5-8(7)19(17,18)13-9-3-4-11-12-9/h1-5H,(H2,11,12,13). The van der Waals surface area contributed by atoms with Crippen LogP contribution in [0.2, 0.25) is 0 Å². The van der Waals surface area contributed by atoms with Crippen LogP contribution in [0, 0.1) is 15.9 Å². The minimum Gasteiger partial charge on any atom is -0.264 e. The second-order valence-corrected chi connectivity index (χ2v) is 5.10. The van der Waals surface area contributed by atoms with Gasteiger partial charge in [0.25, 0.3) is 15.7 Å². The van der Waals surface area contributed by atoms with Gasteiger partial charge in [-0.3, -0.25) is 19.9 Å². The van der Waals surface area contributed by atoms with Gasteiger partial charge >= 0.3 is 0 Å². The number of hydrogen-bond donors (Lipinski definition) is 2. The van der Waals surface area contributed by atoms with Gasteiger partial charge in [0.15, 0.2) is 0 Å². The first-order valence-corrected chi connectivity index (χ1v) is 6.34. The predicted octanol–water partition coefficient (Wildman–Crippen LogP) is 1.26. The third-order valence-corrected chi connectivity index (χ3v) is 3.54. The molecule has 0 aliphatic rings. The third kappa shape index (κ3) is 2.68. The van der Waals surface area contributed by atoms with Crippen LogP contribution >= 0.6 is 0 Å².